The van der Waals surface area contributed by atoms with Crippen molar-refractivity contribution in [1.29, 1.82) is 0 Å². The average molecular weight is 366 g/mol. The van der Waals surface area contributed by atoms with E-state index in [-0.39, 0.29) is 30.3 Å². The molecule has 0 saturated carbocycles. The number of anilines is 1. The molecule has 26 heavy (non-hydrogen) atoms. The van der Waals surface area contributed by atoms with Crippen molar-refractivity contribution in [3.63, 3.8) is 0 Å². The smallest absolute Gasteiger partial charge is 0.355 e. The summed E-state index contributed by atoms with van der Waals surface area (Å²) in [6.45, 7) is -0.433. The number of benzene rings is 1. The minimum atomic E-state index is -1.47. The first-order valence-corrected chi connectivity index (χ1v) is 7.08. The molecular formula is C15H14N2O9. The summed E-state index contributed by atoms with van der Waals surface area (Å²) < 4.78 is 14.5. The van der Waals surface area contributed by atoms with Gasteiger partial charge >= 0.3 is 17.9 Å². The summed E-state index contributed by atoms with van der Waals surface area (Å²) in [7, 11) is 2.23. The highest BCUT2D eigenvalue weighted by molar-refractivity contribution is 6.03. The number of nitrogens with zero attached hydrogens (tertiary/aromatic N) is 2. The van der Waals surface area contributed by atoms with Crippen LogP contribution in [0.3, 0.4) is 0 Å². The number of hydrogen-bond donors (Lipinski definition) is 1. The number of nitro groups is 1. The SMILES string of the molecule is COC(=O)C1=C(C(=O)OC)N(c2ccc(C(=O)O)c([N+](=O)[O-])c2)COC1. The lowest BCUT2D eigenvalue weighted by Gasteiger charge is -2.31. The van der Waals surface area contributed by atoms with Gasteiger partial charge in [-0.25, -0.2) is 14.4 Å². The molecule has 1 aromatic rings. The van der Waals surface area contributed by atoms with Crippen molar-refractivity contribution in [2.75, 3.05) is 32.5 Å². The summed E-state index contributed by atoms with van der Waals surface area (Å²) in [6.07, 6.45) is 0. The molecule has 0 spiro atoms. The van der Waals surface area contributed by atoms with E-state index in [1.807, 2.05) is 0 Å². The molecule has 0 saturated heterocycles. The zero-order valence-electron chi connectivity index (χ0n) is 13.8. The molecule has 11 heteroatoms. The maximum atomic E-state index is 12.2. The largest absolute Gasteiger partial charge is 0.477 e. The van der Waals surface area contributed by atoms with E-state index in [4.69, 9.17) is 9.84 Å². The molecule has 1 N–H and O–H groups in total. The van der Waals surface area contributed by atoms with Crippen molar-refractivity contribution in [2.24, 2.45) is 0 Å². The van der Waals surface area contributed by atoms with Gasteiger partial charge in [-0.3, -0.25) is 10.1 Å². The van der Waals surface area contributed by atoms with Crippen LogP contribution in [-0.2, 0) is 23.8 Å². The molecule has 0 bridgehead atoms. The topological polar surface area (TPSA) is 146 Å². The fraction of sp³-hybridized carbons (Fsp3) is 0.267. The summed E-state index contributed by atoms with van der Waals surface area (Å²) in [5.41, 5.74) is -1.46. The summed E-state index contributed by atoms with van der Waals surface area (Å²) in [5, 5.41) is 20.2. The van der Waals surface area contributed by atoms with Gasteiger partial charge in [-0.15, -0.1) is 0 Å². The highest BCUT2D eigenvalue weighted by atomic mass is 16.6. The lowest BCUT2D eigenvalue weighted by atomic mass is 10.1. The highest BCUT2D eigenvalue weighted by Crippen LogP contribution is 2.31. The van der Waals surface area contributed by atoms with Gasteiger partial charge in [0.1, 0.15) is 18.0 Å². The molecule has 1 aliphatic heterocycles. The zero-order chi connectivity index (χ0) is 19.4. The first-order chi connectivity index (χ1) is 12.3. The minimum absolute atomic E-state index is 0.0724. The average Bonchev–Trinajstić information content (AvgIpc) is 2.65. The van der Waals surface area contributed by atoms with E-state index in [2.05, 4.69) is 9.47 Å². The van der Waals surface area contributed by atoms with Crippen molar-refractivity contribution in [1.82, 2.24) is 0 Å². The van der Waals surface area contributed by atoms with Crippen LogP contribution in [0.2, 0.25) is 0 Å². The number of carbonyl (C=O) groups excluding carboxylic acids is 2. The maximum Gasteiger partial charge on any atom is 0.355 e. The predicted octanol–water partition coefficient (Wildman–Crippen LogP) is 0.687. The molecule has 0 fully saturated rings. The molecule has 0 aromatic heterocycles. The van der Waals surface area contributed by atoms with Crippen LogP contribution < -0.4 is 4.90 Å². The fourth-order valence-electron chi connectivity index (χ4n) is 2.37. The van der Waals surface area contributed by atoms with Gasteiger partial charge in [-0.1, -0.05) is 0 Å². The van der Waals surface area contributed by atoms with Crippen molar-refractivity contribution in [3.05, 3.63) is 45.1 Å². The van der Waals surface area contributed by atoms with Gasteiger partial charge in [-0.2, -0.15) is 0 Å². The number of esters is 2. The van der Waals surface area contributed by atoms with Crippen LogP contribution in [0, 0.1) is 10.1 Å². The van der Waals surface area contributed by atoms with E-state index in [1.54, 1.807) is 0 Å². The molecule has 1 aliphatic rings. The molecule has 1 heterocycles. The standard InChI is InChI=1S/C15H14N2O9/c1-24-14(20)10-6-26-7-16(12(10)15(21)25-2)8-3-4-9(13(18)19)11(5-8)17(22)23/h3-5H,6-7H2,1-2H3,(H,18,19). The summed E-state index contributed by atoms with van der Waals surface area (Å²) in [5.74, 6) is -3.18. The third-order valence-electron chi connectivity index (χ3n) is 3.55. The number of nitro benzene ring substituents is 1. The Balaban J connectivity index is 2.63. The second kappa shape index (κ2) is 7.61. The van der Waals surface area contributed by atoms with E-state index < -0.39 is 34.1 Å². The lowest BCUT2D eigenvalue weighted by molar-refractivity contribution is -0.385. The monoisotopic (exact) mass is 366 g/mol. The van der Waals surface area contributed by atoms with Gasteiger partial charge in [0.2, 0.25) is 0 Å². The van der Waals surface area contributed by atoms with Crippen molar-refractivity contribution < 1.29 is 38.6 Å². The van der Waals surface area contributed by atoms with Crippen LogP contribution in [-0.4, -0.2) is 55.5 Å². The zero-order valence-corrected chi connectivity index (χ0v) is 13.8. The Bertz CT molecular complexity index is 815. The second-order valence-electron chi connectivity index (χ2n) is 4.98. The third-order valence-corrected chi connectivity index (χ3v) is 3.55. The van der Waals surface area contributed by atoms with Crippen LogP contribution in [0.1, 0.15) is 10.4 Å². The van der Waals surface area contributed by atoms with Crippen LogP contribution in [0.25, 0.3) is 0 Å². The maximum absolute atomic E-state index is 12.2. The number of hydrogen-bond acceptors (Lipinski definition) is 9. The quantitative estimate of drug-likeness (QED) is 0.448. The first kappa shape index (κ1) is 18.9. The number of carbonyl (C=O) groups is 3. The summed E-state index contributed by atoms with van der Waals surface area (Å²) in [6, 6.07) is 3.25. The fourth-order valence-corrected chi connectivity index (χ4v) is 2.37. The van der Waals surface area contributed by atoms with E-state index in [9.17, 15) is 24.5 Å². The molecule has 138 valence electrons. The molecule has 1 aromatic carbocycles. The van der Waals surface area contributed by atoms with Crippen LogP contribution in [0.5, 0.6) is 0 Å². The molecule has 2 rings (SSSR count). The number of ether oxygens (including phenoxy) is 3. The second-order valence-corrected chi connectivity index (χ2v) is 4.98. The summed E-state index contributed by atoms with van der Waals surface area (Å²) >= 11 is 0. The normalized spacial score (nSPS) is 14.0. The predicted molar refractivity (Wildman–Crippen MR) is 84.4 cm³/mol. The first-order valence-electron chi connectivity index (χ1n) is 7.08. The molecule has 0 unspecified atom stereocenters. The van der Waals surface area contributed by atoms with E-state index in [1.165, 1.54) is 11.0 Å². The van der Waals surface area contributed by atoms with E-state index in [0.29, 0.717) is 0 Å². The summed E-state index contributed by atoms with van der Waals surface area (Å²) in [4.78, 5) is 46.7. The Morgan fingerprint density at radius 2 is 1.88 bits per heavy atom. The Labute approximate surface area is 146 Å². The van der Waals surface area contributed by atoms with E-state index >= 15 is 0 Å². The number of aromatic carboxylic acids is 1. The molecule has 0 atom stereocenters. The van der Waals surface area contributed by atoms with Crippen molar-refractivity contribution in [2.45, 2.75) is 0 Å². The van der Waals surface area contributed by atoms with Crippen molar-refractivity contribution >= 4 is 29.3 Å². The van der Waals surface area contributed by atoms with Gasteiger partial charge in [0.15, 0.2) is 0 Å². The molecular weight excluding hydrogens is 352 g/mol. The Morgan fingerprint density at radius 1 is 1.23 bits per heavy atom. The lowest BCUT2D eigenvalue weighted by Crippen LogP contribution is -2.38. The Morgan fingerprint density at radius 3 is 2.42 bits per heavy atom. The van der Waals surface area contributed by atoms with Gasteiger partial charge in [0, 0.05) is 6.07 Å². The number of carboxylic acids is 1. The van der Waals surface area contributed by atoms with Crippen molar-refractivity contribution in [3.8, 4) is 0 Å². The molecule has 11 nitrogen and oxygen atoms in total. The van der Waals surface area contributed by atoms with Gasteiger partial charge in [0.25, 0.3) is 5.69 Å². The van der Waals surface area contributed by atoms with Crippen LogP contribution in [0.15, 0.2) is 29.5 Å². The molecule has 0 amide bonds. The number of rotatable bonds is 5. The molecule has 0 radical (unpaired) electrons. The third kappa shape index (κ3) is 3.47. The van der Waals surface area contributed by atoms with Gasteiger partial charge in [0.05, 0.1) is 37.0 Å². The Hall–Kier alpha value is -3.47. The number of carboxylic acid groups (broad SMARTS) is 1. The van der Waals surface area contributed by atoms with Gasteiger partial charge < -0.3 is 24.2 Å². The number of methoxy groups -OCH3 is 2. The molecule has 0 aliphatic carbocycles. The Kier molecular flexibility index (Phi) is 5.52. The minimum Gasteiger partial charge on any atom is -0.477 e. The van der Waals surface area contributed by atoms with Gasteiger partial charge in [-0.05, 0) is 12.1 Å². The van der Waals surface area contributed by atoms with E-state index in [0.717, 1.165) is 26.4 Å². The highest BCUT2D eigenvalue weighted by Gasteiger charge is 2.33. The van der Waals surface area contributed by atoms with Crippen LogP contribution >= 0.6 is 0 Å². The van der Waals surface area contributed by atoms with Crippen LogP contribution in [0.4, 0.5) is 11.4 Å².